The van der Waals surface area contributed by atoms with Crippen LogP contribution in [-0.2, 0) is 0 Å². The third-order valence-electron chi connectivity index (χ3n) is 2.69. The topological polar surface area (TPSA) is 98.2 Å². The Balaban J connectivity index is 2.37. The first-order valence-electron chi connectivity index (χ1n) is 5.55. The van der Waals surface area contributed by atoms with Gasteiger partial charge in [0.25, 0.3) is 0 Å². The first-order valence-corrected chi connectivity index (χ1v) is 6.53. The molecule has 0 atom stereocenters. The smallest absolute Gasteiger partial charge is 0.329 e. The molecule has 2 N–H and O–H groups in total. The first kappa shape index (κ1) is 12.9. The van der Waals surface area contributed by atoms with E-state index < -0.39 is 4.92 Å². The minimum absolute atomic E-state index is 0.0475. The summed E-state index contributed by atoms with van der Waals surface area (Å²) in [7, 11) is 0. The van der Waals surface area contributed by atoms with E-state index in [1.54, 1.807) is 0 Å². The Morgan fingerprint density at radius 1 is 1.61 bits per heavy atom. The predicted molar refractivity (Wildman–Crippen MR) is 71.8 cm³/mol. The molecule has 1 aromatic rings. The van der Waals surface area contributed by atoms with Gasteiger partial charge in [-0.05, 0) is 13.8 Å². The number of nitro groups is 1. The third-order valence-corrected chi connectivity index (χ3v) is 3.99. The highest BCUT2D eigenvalue weighted by Gasteiger charge is 2.31. The van der Waals surface area contributed by atoms with Crippen molar-refractivity contribution in [2.24, 2.45) is 0 Å². The number of nitrogen functional groups attached to an aromatic ring is 1. The summed E-state index contributed by atoms with van der Waals surface area (Å²) in [5.74, 6) is 1.29. The predicted octanol–water partition coefficient (Wildman–Crippen LogP) is 1.30. The largest absolute Gasteiger partial charge is 0.368 e. The van der Waals surface area contributed by atoms with Gasteiger partial charge >= 0.3 is 5.69 Å². The van der Waals surface area contributed by atoms with Gasteiger partial charge in [0.05, 0.1) is 4.92 Å². The Morgan fingerprint density at radius 3 is 2.94 bits per heavy atom. The van der Waals surface area contributed by atoms with Crippen molar-refractivity contribution in [3.63, 3.8) is 0 Å². The lowest BCUT2D eigenvalue weighted by molar-refractivity contribution is -0.384. The van der Waals surface area contributed by atoms with Gasteiger partial charge in [-0.1, -0.05) is 0 Å². The van der Waals surface area contributed by atoms with Crippen molar-refractivity contribution in [2.45, 2.75) is 18.6 Å². The van der Waals surface area contributed by atoms with Crippen LogP contribution in [-0.4, -0.2) is 38.5 Å². The fourth-order valence-corrected chi connectivity index (χ4v) is 3.05. The second-order valence-electron chi connectivity index (χ2n) is 4.72. The van der Waals surface area contributed by atoms with Crippen molar-refractivity contribution in [2.75, 3.05) is 29.5 Å². The summed E-state index contributed by atoms with van der Waals surface area (Å²) in [6.45, 7) is 5.65. The summed E-state index contributed by atoms with van der Waals surface area (Å²) in [6, 6.07) is 0. The molecule has 1 fully saturated rings. The van der Waals surface area contributed by atoms with Gasteiger partial charge in [-0.15, -0.1) is 0 Å². The molecule has 0 aliphatic carbocycles. The lowest BCUT2D eigenvalue weighted by Crippen LogP contribution is -2.43. The normalized spacial score (nSPS) is 18.7. The van der Waals surface area contributed by atoms with Crippen LogP contribution in [0.3, 0.4) is 0 Å². The van der Waals surface area contributed by atoms with Crippen LogP contribution >= 0.6 is 11.8 Å². The number of hydrogen-bond donors (Lipinski definition) is 1. The number of thioether (sulfide) groups is 1. The summed E-state index contributed by atoms with van der Waals surface area (Å²) in [5.41, 5.74) is 5.43. The molecule has 0 radical (unpaired) electrons. The van der Waals surface area contributed by atoms with Gasteiger partial charge in [-0.3, -0.25) is 10.1 Å². The zero-order valence-corrected chi connectivity index (χ0v) is 11.1. The monoisotopic (exact) mass is 269 g/mol. The van der Waals surface area contributed by atoms with E-state index in [1.807, 2.05) is 16.7 Å². The molecule has 7 nitrogen and oxygen atoms in total. The van der Waals surface area contributed by atoms with Crippen LogP contribution < -0.4 is 10.6 Å². The number of aromatic nitrogens is 2. The van der Waals surface area contributed by atoms with Crippen LogP contribution in [0.15, 0.2) is 6.20 Å². The van der Waals surface area contributed by atoms with E-state index in [2.05, 4.69) is 23.8 Å². The highest BCUT2D eigenvalue weighted by atomic mass is 32.2. The number of nitrogens with zero attached hydrogens (tertiary/aromatic N) is 4. The Bertz CT molecular complexity index is 479. The lowest BCUT2D eigenvalue weighted by Gasteiger charge is -2.37. The number of hydrogen-bond acceptors (Lipinski definition) is 7. The van der Waals surface area contributed by atoms with Crippen LogP contribution in [0.25, 0.3) is 0 Å². The number of anilines is 2. The van der Waals surface area contributed by atoms with E-state index in [9.17, 15) is 10.1 Å². The highest BCUT2D eigenvalue weighted by Crippen LogP contribution is 2.34. The Morgan fingerprint density at radius 2 is 2.33 bits per heavy atom. The molecule has 0 aromatic carbocycles. The SMILES string of the molecule is CC1(C)CN(c2nc(N)ncc2[N+](=O)[O-])CCS1. The molecule has 98 valence electrons. The van der Waals surface area contributed by atoms with Crippen molar-refractivity contribution in [3.8, 4) is 0 Å². The standard InChI is InChI=1S/C10H15N5O2S/c1-10(2)6-14(3-4-18-10)8-7(15(16)17)5-12-9(11)13-8/h5H,3-4,6H2,1-2H3,(H2,11,12,13). The maximum Gasteiger partial charge on any atom is 0.329 e. The van der Waals surface area contributed by atoms with Crippen molar-refractivity contribution in [1.82, 2.24) is 9.97 Å². The highest BCUT2D eigenvalue weighted by molar-refractivity contribution is 8.00. The summed E-state index contributed by atoms with van der Waals surface area (Å²) in [4.78, 5) is 20.1. The molecule has 8 heteroatoms. The average molecular weight is 269 g/mol. The average Bonchev–Trinajstić information content (AvgIpc) is 2.27. The minimum Gasteiger partial charge on any atom is -0.368 e. The molecule has 0 saturated carbocycles. The lowest BCUT2D eigenvalue weighted by atomic mass is 10.2. The van der Waals surface area contributed by atoms with E-state index in [1.165, 1.54) is 6.20 Å². The Labute approximate surface area is 109 Å². The van der Waals surface area contributed by atoms with E-state index in [-0.39, 0.29) is 16.4 Å². The van der Waals surface area contributed by atoms with Gasteiger partial charge in [0.1, 0.15) is 6.20 Å². The second kappa shape index (κ2) is 4.60. The maximum absolute atomic E-state index is 11.0. The summed E-state index contributed by atoms with van der Waals surface area (Å²) in [6.07, 6.45) is 1.17. The van der Waals surface area contributed by atoms with Crippen molar-refractivity contribution in [1.29, 1.82) is 0 Å². The van der Waals surface area contributed by atoms with Gasteiger partial charge in [-0.2, -0.15) is 16.7 Å². The summed E-state index contributed by atoms with van der Waals surface area (Å²) >= 11 is 1.85. The fourth-order valence-electron chi connectivity index (χ4n) is 1.94. The molecule has 0 bridgehead atoms. The number of nitrogens with two attached hydrogens (primary N) is 1. The third kappa shape index (κ3) is 2.63. The molecule has 0 unspecified atom stereocenters. The van der Waals surface area contributed by atoms with Gasteiger partial charge in [0, 0.05) is 23.6 Å². The van der Waals surface area contributed by atoms with E-state index in [4.69, 9.17) is 5.73 Å². The maximum atomic E-state index is 11.0. The summed E-state index contributed by atoms with van der Waals surface area (Å²) in [5, 5.41) is 11.0. The van der Waals surface area contributed by atoms with Crippen LogP contribution in [0.2, 0.25) is 0 Å². The zero-order chi connectivity index (χ0) is 13.3. The van der Waals surface area contributed by atoms with E-state index in [0.717, 1.165) is 12.3 Å². The first-order chi connectivity index (χ1) is 8.39. The molecule has 1 aromatic heterocycles. The quantitative estimate of drug-likeness (QED) is 0.638. The van der Waals surface area contributed by atoms with Crippen LogP contribution in [0, 0.1) is 10.1 Å². The molecular formula is C10H15N5O2S. The van der Waals surface area contributed by atoms with Crippen LogP contribution in [0.1, 0.15) is 13.8 Å². The van der Waals surface area contributed by atoms with Crippen molar-refractivity contribution < 1.29 is 4.92 Å². The van der Waals surface area contributed by atoms with Gasteiger partial charge in [-0.25, -0.2) is 4.98 Å². The molecule has 1 aliphatic heterocycles. The molecule has 2 heterocycles. The van der Waals surface area contributed by atoms with E-state index in [0.29, 0.717) is 12.4 Å². The Kier molecular flexibility index (Phi) is 3.29. The molecule has 18 heavy (non-hydrogen) atoms. The molecular weight excluding hydrogens is 254 g/mol. The van der Waals surface area contributed by atoms with Gasteiger partial charge in [0.2, 0.25) is 11.8 Å². The van der Waals surface area contributed by atoms with Crippen molar-refractivity contribution >= 4 is 29.2 Å². The molecule has 1 aliphatic rings. The minimum atomic E-state index is -0.469. The Hall–Kier alpha value is -1.57. The fraction of sp³-hybridized carbons (Fsp3) is 0.600. The van der Waals surface area contributed by atoms with Crippen LogP contribution in [0.4, 0.5) is 17.5 Å². The zero-order valence-electron chi connectivity index (χ0n) is 10.3. The van der Waals surface area contributed by atoms with Gasteiger partial charge < -0.3 is 10.6 Å². The summed E-state index contributed by atoms with van der Waals surface area (Å²) < 4.78 is 0.0475. The van der Waals surface area contributed by atoms with E-state index >= 15 is 0 Å². The second-order valence-corrected chi connectivity index (χ2v) is 6.53. The van der Waals surface area contributed by atoms with Crippen LogP contribution in [0.5, 0.6) is 0 Å². The van der Waals surface area contributed by atoms with Gasteiger partial charge in [0.15, 0.2) is 0 Å². The molecule has 1 saturated heterocycles. The molecule has 0 amide bonds. The molecule has 0 spiro atoms. The van der Waals surface area contributed by atoms with Crippen molar-refractivity contribution in [3.05, 3.63) is 16.3 Å². The number of rotatable bonds is 2. The molecule has 2 rings (SSSR count).